The molecule has 152 valence electrons. The number of aromatic nitrogens is 2. The molecule has 7 nitrogen and oxygen atoms in total. The van der Waals surface area contributed by atoms with Crippen LogP contribution in [0.3, 0.4) is 0 Å². The van der Waals surface area contributed by atoms with Crippen molar-refractivity contribution in [2.45, 2.75) is 32.6 Å². The van der Waals surface area contributed by atoms with E-state index in [4.69, 9.17) is 0 Å². The number of hydrogen-bond donors (Lipinski definition) is 0. The van der Waals surface area contributed by atoms with Crippen LogP contribution in [0.2, 0.25) is 0 Å². The predicted molar refractivity (Wildman–Crippen MR) is 113 cm³/mol. The number of rotatable bonds is 4. The highest BCUT2D eigenvalue weighted by Crippen LogP contribution is 2.27. The number of piperazine rings is 1. The third kappa shape index (κ3) is 3.98. The summed E-state index contributed by atoms with van der Waals surface area (Å²) in [5, 5.41) is 0. The topological polar surface area (TPSA) is 69.6 Å². The average molecular weight is 404 g/mol. The van der Waals surface area contributed by atoms with Crippen LogP contribution in [0.1, 0.15) is 22.4 Å². The Morgan fingerprint density at radius 3 is 2.00 bits per heavy atom. The molecule has 2 heterocycles. The Labute approximate surface area is 168 Å². The molecule has 3 rings (SSSR count). The van der Waals surface area contributed by atoms with Gasteiger partial charge in [-0.1, -0.05) is 17.7 Å². The van der Waals surface area contributed by atoms with Crippen molar-refractivity contribution in [3.8, 4) is 0 Å². The van der Waals surface area contributed by atoms with Gasteiger partial charge in [-0.05, 0) is 38.8 Å². The normalized spacial score (nSPS) is 15.7. The maximum absolute atomic E-state index is 13.3. The summed E-state index contributed by atoms with van der Waals surface area (Å²) in [6.07, 6.45) is 0. The van der Waals surface area contributed by atoms with Crippen LogP contribution in [0.25, 0.3) is 0 Å². The van der Waals surface area contributed by atoms with Crippen LogP contribution < -0.4 is 9.80 Å². The zero-order valence-corrected chi connectivity index (χ0v) is 18.3. The van der Waals surface area contributed by atoms with E-state index in [1.54, 1.807) is 4.31 Å². The molecule has 1 fully saturated rings. The van der Waals surface area contributed by atoms with Crippen LogP contribution in [0.4, 0.5) is 11.8 Å². The van der Waals surface area contributed by atoms with Gasteiger partial charge in [-0.2, -0.15) is 9.29 Å². The van der Waals surface area contributed by atoms with Crippen molar-refractivity contribution in [3.63, 3.8) is 0 Å². The minimum absolute atomic E-state index is 0.420. The van der Waals surface area contributed by atoms with E-state index in [1.165, 1.54) is 0 Å². The van der Waals surface area contributed by atoms with Crippen molar-refractivity contribution >= 4 is 21.8 Å². The summed E-state index contributed by atoms with van der Waals surface area (Å²) in [5.74, 6) is 1.51. The van der Waals surface area contributed by atoms with Crippen LogP contribution in [0, 0.1) is 27.7 Å². The van der Waals surface area contributed by atoms with Crippen LogP contribution in [-0.4, -0.2) is 63.0 Å². The minimum Gasteiger partial charge on any atom is -0.363 e. The molecular weight excluding hydrogens is 374 g/mol. The zero-order valence-electron chi connectivity index (χ0n) is 17.5. The van der Waals surface area contributed by atoms with Gasteiger partial charge in [0.2, 0.25) is 16.0 Å². The highest BCUT2D eigenvalue weighted by Gasteiger charge is 2.31. The van der Waals surface area contributed by atoms with Crippen molar-refractivity contribution in [2.75, 3.05) is 50.1 Å². The lowest BCUT2D eigenvalue weighted by atomic mass is 10.1. The van der Waals surface area contributed by atoms with Crippen molar-refractivity contribution in [2.24, 2.45) is 0 Å². The first-order valence-electron chi connectivity index (χ1n) is 9.45. The second-order valence-electron chi connectivity index (χ2n) is 7.68. The maximum atomic E-state index is 13.3. The van der Waals surface area contributed by atoms with E-state index in [0.717, 1.165) is 28.2 Å². The van der Waals surface area contributed by atoms with Gasteiger partial charge in [0.1, 0.15) is 5.82 Å². The van der Waals surface area contributed by atoms with Gasteiger partial charge in [0.25, 0.3) is 0 Å². The first kappa shape index (κ1) is 20.5. The largest absolute Gasteiger partial charge is 0.363 e. The molecule has 1 aromatic heterocycles. The molecule has 0 radical (unpaired) electrons. The fourth-order valence-electron chi connectivity index (χ4n) is 3.74. The third-order valence-electron chi connectivity index (χ3n) is 5.01. The van der Waals surface area contributed by atoms with Gasteiger partial charge in [-0.15, -0.1) is 0 Å². The zero-order chi connectivity index (χ0) is 20.6. The van der Waals surface area contributed by atoms with Gasteiger partial charge >= 0.3 is 0 Å². The SMILES string of the molecule is Cc1cc(C)c(S(=O)(=O)N2CCN(c3nc(C)cc(N(C)C)n3)CC2)c(C)c1. The maximum Gasteiger partial charge on any atom is 0.243 e. The van der Waals surface area contributed by atoms with Gasteiger partial charge in [0.05, 0.1) is 4.90 Å². The fourth-order valence-corrected chi connectivity index (χ4v) is 5.57. The molecule has 0 N–H and O–H groups in total. The van der Waals surface area contributed by atoms with E-state index in [-0.39, 0.29) is 0 Å². The van der Waals surface area contributed by atoms with E-state index in [2.05, 4.69) is 14.9 Å². The number of nitrogens with zero attached hydrogens (tertiary/aromatic N) is 5. The summed E-state index contributed by atoms with van der Waals surface area (Å²) in [6, 6.07) is 5.80. The Balaban J connectivity index is 1.81. The number of hydrogen-bond acceptors (Lipinski definition) is 6. The van der Waals surface area contributed by atoms with E-state index in [0.29, 0.717) is 37.0 Å². The summed E-state index contributed by atoms with van der Waals surface area (Å²) in [7, 11) is 0.376. The highest BCUT2D eigenvalue weighted by molar-refractivity contribution is 7.89. The van der Waals surface area contributed by atoms with Crippen LogP contribution in [0.5, 0.6) is 0 Å². The molecule has 0 unspecified atom stereocenters. The summed E-state index contributed by atoms with van der Waals surface area (Å²) >= 11 is 0. The van der Waals surface area contributed by atoms with Gasteiger partial charge in [-0.25, -0.2) is 13.4 Å². The molecule has 0 saturated carbocycles. The molecule has 0 spiro atoms. The highest BCUT2D eigenvalue weighted by atomic mass is 32.2. The number of aryl methyl sites for hydroxylation is 4. The predicted octanol–water partition coefficient (Wildman–Crippen LogP) is 2.29. The molecule has 2 aromatic rings. The van der Waals surface area contributed by atoms with Crippen molar-refractivity contribution in [1.29, 1.82) is 0 Å². The van der Waals surface area contributed by atoms with Crippen LogP contribution in [0.15, 0.2) is 23.1 Å². The van der Waals surface area contributed by atoms with Crippen molar-refractivity contribution in [1.82, 2.24) is 14.3 Å². The Morgan fingerprint density at radius 2 is 1.46 bits per heavy atom. The van der Waals surface area contributed by atoms with E-state index >= 15 is 0 Å². The van der Waals surface area contributed by atoms with Gasteiger partial charge in [0.15, 0.2) is 0 Å². The summed E-state index contributed by atoms with van der Waals surface area (Å²) in [6.45, 7) is 9.65. The third-order valence-corrected chi connectivity index (χ3v) is 7.22. The molecular formula is C20H29N5O2S. The number of benzene rings is 1. The molecule has 1 aliphatic heterocycles. The lowest BCUT2D eigenvalue weighted by Crippen LogP contribution is -2.49. The smallest absolute Gasteiger partial charge is 0.243 e. The van der Waals surface area contributed by atoms with E-state index in [1.807, 2.05) is 64.9 Å². The second-order valence-corrected chi connectivity index (χ2v) is 9.56. The Kier molecular flexibility index (Phi) is 5.63. The summed E-state index contributed by atoms with van der Waals surface area (Å²) in [4.78, 5) is 13.6. The molecule has 1 saturated heterocycles. The summed E-state index contributed by atoms with van der Waals surface area (Å²) in [5.41, 5.74) is 3.58. The van der Waals surface area contributed by atoms with Crippen molar-refractivity contribution < 1.29 is 8.42 Å². The molecule has 8 heteroatoms. The Bertz CT molecular complexity index is 957. The minimum atomic E-state index is -3.52. The van der Waals surface area contributed by atoms with E-state index in [9.17, 15) is 8.42 Å². The summed E-state index contributed by atoms with van der Waals surface area (Å²) < 4.78 is 28.1. The molecule has 1 aromatic carbocycles. The average Bonchev–Trinajstić information content (AvgIpc) is 2.60. The van der Waals surface area contributed by atoms with Crippen LogP contribution >= 0.6 is 0 Å². The van der Waals surface area contributed by atoms with E-state index < -0.39 is 10.0 Å². The fraction of sp³-hybridized carbons (Fsp3) is 0.500. The molecule has 0 bridgehead atoms. The Morgan fingerprint density at radius 1 is 0.893 bits per heavy atom. The second kappa shape index (κ2) is 7.67. The molecule has 0 atom stereocenters. The number of sulfonamides is 1. The quantitative estimate of drug-likeness (QED) is 0.780. The molecule has 28 heavy (non-hydrogen) atoms. The van der Waals surface area contributed by atoms with Gasteiger partial charge in [0, 0.05) is 52.0 Å². The monoisotopic (exact) mass is 403 g/mol. The molecule has 1 aliphatic rings. The molecule has 0 aliphatic carbocycles. The standard InChI is InChI=1S/C20H29N5O2S/c1-14-11-15(2)19(16(3)12-14)28(26,27)25-9-7-24(8-10-25)20-21-17(4)13-18(22-20)23(5)6/h11-13H,7-10H2,1-6H3. The van der Waals surface area contributed by atoms with Gasteiger partial charge < -0.3 is 9.80 Å². The molecule has 0 amide bonds. The van der Waals surface area contributed by atoms with Crippen LogP contribution in [-0.2, 0) is 10.0 Å². The first-order chi connectivity index (χ1) is 13.1. The lowest BCUT2D eigenvalue weighted by Gasteiger charge is -2.35. The number of anilines is 2. The van der Waals surface area contributed by atoms with Gasteiger partial charge in [-0.3, -0.25) is 0 Å². The lowest BCUT2D eigenvalue weighted by molar-refractivity contribution is 0.382. The van der Waals surface area contributed by atoms with Crippen molar-refractivity contribution in [3.05, 3.63) is 40.6 Å². The Hall–Kier alpha value is -2.19. The first-order valence-corrected chi connectivity index (χ1v) is 10.9.